The first kappa shape index (κ1) is 16.4. The van der Waals surface area contributed by atoms with Crippen molar-refractivity contribution < 1.29 is 4.79 Å². The Labute approximate surface area is 114 Å². The number of thiophene rings is 1. The van der Waals surface area contributed by atoms with E-state index in [0.717, 1.165) is 16.9 Å². The number of carbonyl (C=O) groups is 1. The monoisotopic (exact) mass is 263 g/mol. The van der Waals surface area contributed by atoms with Crippen molar-refractivity contribution in [2.45, 2.75) is 27.2 Å². The van der Waals surface area contributed by atoms with E-state index in [2.05, 4.69) is 19.6 Å². The number of allylic oxidation sites excluding steroid dienone is 5. The lowest BCUT2D eigenvalue weighted by atomic mass is 10.2. The predicted octanol–water partition coefficient (Wildman–Crippen LogP) is 4.21. The van der Waals surface area contributed by atoms with Crippen LogP contribution in [0.4, 0.5) is 5.00 Å². The smallest absolute Gasteiger partial charge is 0.146 e. The zero-order valence-corrected chi connectivity index (χ0v) is 12.1. The summed E-state index contributed by atoms with van der Waals surface area (Å²) in [5.74, 6) is 0. The normalized spacial score (nSPS) is 10.9. The van der Waals surface area contributed by atoms with E-state index in [0.29, 0.717) is 6.42 Å². The SMILES string of the molecule is C=C/C=C\C/C(C=O)=C\C.Cc1cc(C)c(N)s1. The largest absolute Gasteiger partial charge is 0.390 e. The van der Waals surface area contributed by atoms with Gasteiger partial charge in [0.05, 0.1) is 5.00 Å². The van der Waals surface area contributed by atoms with Crippen LogP contribution in [0.25, 0.3) is 0 Å². The van der Waals surface area contributed by atoms with Crippen LogP contribution in [-0.2, 0) is 4.79 Å². The first-order valence-electron chi connectivity index (χ1n) is 5.75. The third-order valence-electron chi connectivity index (χ3n) is 2.23. The Morgan fingerprint density at radius 1 is 1.50 bits per heavy atom. The number of anilines is 1. The molecule has 0 bridgehead atoms. The Morgan fingerprint density at radius 3 is 2.44 bits per heavy atom. The van der Waals surface area contributed by atoms with Gasteiger partial charge in [-0.05, 0) is 44.4 Å². The van der Waals surface area contributed by atoms with E-state index >= 15 is 0 Å². The van der Waals surface area contributed by atoms with Crippen LogP contribution < -0.4 is 5.73 Å². The van der Waals surface area contributed by atoms with Gasteiger partial charge < -0.3 is 5.73 Å². The summed E-state index contributed by atoms with van der Waals surface area (Å²) in [4.78, 5) is 11.5. The molecule has 0 aliphatic heterocycles. The quantitative estimate of drug-likeness (QED) is 0.502. The number of hydrogen-bond donors (Lipinski definition) is 1. The van der Waals surface area contributed by atoms with Gasteiger partial charge in [0.2, 0.25) is 0 Å². The molecule has 0 spiro atoms. The summed E-state index contributed by atoms with van der Waals surface area (Å²) in [6.45, 7) is 9.46. The summed E-state index contributed by atoms with van der Waals surface area (Å²) in [7, 11) is 0. The average Bonchev–Trinajstić information content (AvgIpc) is 2.63. The summed E-state index contributed by atoms with van der Waals surface area (Å²) < 4.78 is 0. The minimum Gasteiger partial charge on any atom is -0.390 e. The van der Waals surface area contributed by atoms with Crippen molar-refractivity contribution in [3.05, 3.63) is 53.0 Å². The molecule has 2 N–H and O–H groups in total. The van der Waals surface area contributed by atoms with Crippen molar-refractivity contribution in [3.8, 4) is 0 Å². The lowest BCUT2D eigenvalue weighted by Crippen LogP contribution is -1.79. The lowest BCUT2D eigenvalue weighted by Gasteiger charge is -1.88. The third-order valence-corrected chi connectivity index (χ3v) is 3.21. The Kier molecular flexibility index (Phi) is 8.58. The molecule has 0 aromatic carbocycles. The average molecular weight is 263 g/mol. The van der Waals surface area contributed by atoms with Crippen LogP contribution in [0, 0.1) is 13.8 Å². The van der Waals surface area contributed by atoms with E-state index in [9.17, 15) is 4.79 Å². The molecule has 0 aliphatic carbocycles. The molecule has 0 radical (unpaired) electrons. The molecule has 0 unspecified atom stereocenters. The fourth-order valence-corrected chi connectivity index (χ4v) is 2.00. The molecule has 0 fully saturated rings. The molecule has 1 heterocycles. The van der Waals surface area contributed by atoms with Crippen LogP contribution in [0.1, 0.15) is 23.8 Å². The highest BCUT2D eigenvalue weighted by Gasteiger charge is 1.94. The molecule has 1 rings (SSSR count). The molecule has 3 heteroatoms. The van der Waals surface area contributed by atoms with Crippen LogP contribution in [0.5, 0.6) is 0 Å². The lowest BCUT2D eigenvalue weighted by molar-refractivity contribution is -0.105. The van der Waals surface area contributed by atoms with Gasteiger partial charge in [0.15, 0.2) is 0 Å². The number of rotatable bonds is 4. The number of aldehydes is 1. The zero-order chi connectivity index (χ0) is 14.0. The van der Waals surface area contributed by atoms with Gasteiger partial charge in [-0.15, -0.1) is 11.3 Å². The second kappa shape index (κ2) is 9.42. The van der Waals surface area contributed by atoms with Gasteiger partial charge in [-0.2, -0.15) is 0 Å². The molecule has 18 heavy (non-hydrogen) atoms. The molecular formula is C15H21NOS. The first-order chi connectivity index (χ1) is 8.54. The standard InChI is InChI=1S/C9H12O.C6H9NS/c1-3-5-6-7-9(4-2)8-10;1-4-3-5(2)8-6(4)7/h3-6,8H,1,7H2,2H3;3H,7H2,1-2H3/b6-5-,9-4+;. The zero-order valence-electron chi connectivity index (χ0n) is 11.3. The molecule has 98 valence electrons. The van der Waals surface area contributed by atoms with Gasteiger partial charge in [0.1, 0.15) is 6.29 Å². The number of aryl methyl sites for hydroxylation is 2. The predicted molar refractivity (Wildman–Crippen MR) is 82.0 cm³/mol. The van der Waals surface area contributed by atoms with E-state index in [-0.39, 0.29) is 0 Å². The van der Waals surface area contributed by atoms with Crippen LogP contribution in [-0.4, -0.2) is 6.29 Å². The fraction of sp³-hybridized carbons (Fsp3) is 0.267. The summed E-state index contributed by atoms with van der Waals surface area (Å²) in [6.07, 6.45) is 8.79. The van der Waals surface area contributed by atoms with Crippen LogP contribution in [0.15, 0.2) is 42.5 Å². The maximum Gasteiger partial charge on any atom is 0.146 e. The van der Waals surface area contributed by atoms with Crippen molar-refractivity contribution in [2.24, 2.45) is 0 Å². The molecule has 0 aliphatic rings. The highest BCUT2D eigenvalue weighted by atomic mass is 32.1. The van der Waals surface area contributed by atoms with Crippen molar-refractivity contribution in [1.82, 2.24) is 0 Å². The van der Waals surface area contributed by atoms with Crippen LogP contribution in [0.3, 0.4) is 0 Å². The van der Waals surface area contributed by atoms with Crippen molar-refractivity contribution in [2.75, 3.05) is 5.73 Å². The summed E-state index contributed by atoms with van der Waals surface area (Å²) in [6, 6.07) is 2.10. The minimum absolute atomic E-state index is 0.700. The van der Waals surface area contributed by atoms with Crippen LogP contribution >= 0.6 is 11.3 Å². The van der Waals surface area contributed by atoms with Gasteiger partial charge in [0, 0.05) is 4.88 Å². The Hall–Kier alpha value is -1.61. The second-order valence-electron chi connectivity index (χ2n) is 3.75. The third kappa shape index (κ3) is 6.86. The molecule has 0 amide bonds. The number of carbonyl (C=O) groups excluding carboxylic acids is 1. The fourth-order valence-electron chi connectivity index (χ4n) is 1.19. The topological polar surface area (TPSA) is 43.1 Å². The van der Waals surface area contributed by atoms with Crippen LogP contribution in [0.2, 0.25) is 0 Å². The molecule has 2 nitrogen and oxygen atoms in total. The van der Waals surface area contributed by atoms with E-state index in [1.54, 1.807) is 23.5 Å². The van der Waals surface area contributed by atoms with E-state index in [4.69, 9.17) is 5.73 Å². The van der Waals surface area contributed by atoms with Gasteiger partial charge in [-0.1, -0.05) is 30.9 Å². The minimum atomic E-state index is 0.700. The highest BCUT2D eigenvalue weighted by molar-refractivity contribution is 7.16. The highest BCUT2D eigenvalue weighted by Crippen LogP contribution is 2.22. The second-order valence-corrected chi connectivity index (χ2v) is 5.04. The Bertz CT molecular complexity index is 422. The van der Waals surface area contributed by atoms with Gasteiger partial charge in [0.25, 0.3) is 0 Å². The summed E-state index contributed by atoms with van der Waals surface area (Å²) in [5, 5.41) is 0.947. The first-order valence-corrected chi connectivity index (χ1v) is 6.57. The molecule has 0 saturated heterocycles. The number of nitrogen functional groups attached to an aromatic ring is 1. The van der Waals surface area contributed by atoms with E-state index in [1.165, 1.54) is 10.4 Å². The van der Waals surface area contributed by atoms with Crippen molar-refractivity contribution >= 4 is 22.6 Å². The molecule has 1 aromatic heterocycles. The van der Waals surface area contributed by atoms with Crippen molar-refractivity contribution in [1.29, 1.82) is 0 Å². The Morgan fingerprint density at radius 2 is 2.17 bits per heavy atom. The van der Waals surface area contributed by atoms with Gasteiger partial charge in [-0.25, -0.2) is 0 Å². The molecule has 0 saturated carbocycles. The maximum atomic E-state index is 10.2. The van der Waals surface area contributed by atoms with Crippen molar-refractivity contribution in [3.63, 3.8) is 0 Å². The van der Waals surface area contributed by atoms with Gasteiger partial charge in [-0.3, -0.25) is 4.79 Å². The number of hydrogen-bond acceptors (Lipinski definition) is 3. The number of nitrogens with two attached hydrogens (primary N) is 1. The molecular weight excluding hydrogens is 242 g/mol. The molecule has 0 atom stereocenters. The maximum absolute atomic E-state index is 10.2. The summed E-state index contributed by atoms with van der Waals surface area (Å²) in [5.41, 5.74) is 7.56. The molecule has 1 aromatic rings. The van der Waals surface area contributed by atoms with E-state index in [1.807, 2.05) is 26.0 Å². The summed E-state index contributed by atoms with van der Waals surface area (Å²) >= 11 is 1.65. The Balaban J connectivity index is 0.000000327. The van der Waals surface area contributed by atoms with E-state index < -0.39 is 0 Å². The van der Waals surface area contributed by atoms with Gasteiger partial charge >= 0.3 is 0 Å².